The zero-order valence-corrected chi connectivity index (χ0v) is 19.6. The highest BCUT2D eigenvalue weighted by Gasteiger charge is 2.22. The van der Waals surface area contributed by atoms with Crippen LogP contribution in [0.1, 0.15) is 29.5 Å². The maximum atomic E-state index is 12.3. The fourth-order valence-corrected chi connectivity index (χ4v) is 4.09. The number of nitro benzene ring substituents is 1. The minimum Gasteiger partial charge on any atom is -0.492 e. The van der Waals surface area contributed by atoms with Crippen molar-refractivity contribution in [1.29, 1.82) is 0 Å². The summed E-state index contributed by atoms with van der Waals surface area (Å²) >= 11 is 0. The second-order valence-electron chi connectivity index (χ2n) is 7.61. The summed E-state index contributed by atoms with van der Waals surface area (Å²) in [4.78, 5) is 22.6. The molecule has 9 nitrogen and oxygen atoms in total. The highest BCUT2D eigenvalue weighted by atomic mass is 32.2. The van der Waals surface area contributed by atoms with Crippen molar-refractivity contribution < 1.29 is 22.9 Å². The lowest BCUT2D eigenvalue weighted by Gasteiger charge is -2.24. The van der Waals surface area contributed by atoms with Crippen LogP contribution in [0.5, 0.6) is 5.75 Å². The Bertz CT molecular complexity index is 1090. The standard InChI is InChI=1S/C22H29N3O6S/c1-16-8-10-20(14-18(16)3)31-13-11-23-22(26)6-5-12-24(32(4,29)30)21-15-19(25(27)28)9-7-17(21)2/h7-10,14-15H,5-6,11-13H2,1-4H3,(H,23,26). The Morgan fingerprint density at radius 1 is 1.09 bits per heavy atom. The van der Waals surface area contributed by atoms with E-state index >= 15 is 0 Å². The van der Waals surface area contributed by atoms with Gasteiger partial charge in [0.05, 0.1) is 23.4 Å². The maximum absolute atomic E-state index is 12.3. The third kappa shape index (κ3) is 7.23. The number of ether oxygens (including phenoxy) is 1. The predicted octanol–water partition coefficient (Wildman–Crippen LogP) is 3.26. The van der Waals surface area contributed by atoms with Crippen LogP contribution < -0.4 is 14.4 Å². The number of hydrogen-bond acceptors (Lipinski definition) is 6. The van der Waals surface area contributed by atoms with E-state index in [0.717, 1.165) is 21.9 Å². The number of carbonyl (C=O) groups excluding carboxylic acids is 1. The molecule has 0 fully saturated rings. The number of anilines is 1. The van der Waals surface area contributed by atoms with Gasteiger partial charge in [0, 0.05) is 25.1 Å². The molecule has 0 aliphatic rings. The van der Waals surface area contributed by atoms with Crippen molar-refractivity contribution >= 4 is 27.3 Å². The van der Waals surface area contributed by atoms with Crippen molar-refractivity contribution in [3.05, 3.63) is 63.2 Å². The highest BCUT2D eigenvalue weighted by molar-refractivity contribution is 7.92. The smallest absolute Gasteiger partial charge is 0.271 e. The number of nitrogens with zero attached hydrogens (tertiary/aromatic N) is 2. The Balaban J connectivity index is 1.86. The van der Waals surface area contributed by atoms with E-state index in [4.69, 9.17) is 4.74 Å². The lowest BCUT2D eigenvalue weighted by Crippen LogP contribution is -2.33. The lowest BCUT2D eigenvalue weighted by molar-refractivity contribution is -0.384. The first-order chi connectivity index (χ1) is 15.0. The van der Waals surface area contributed by atoms with Gasteiger partial charge in [-0.25, -0.2) is 8.42 Å². The molecule has 1 amide bonds. The Labute approximate surface area is 188 Å². The molecule has 0 aromatic heterocycles. The summed E-state index contributed by atoms with van der Waals surface area (Å²) in [6.07, 6.45) is 1.41. The number of hydrogen-bond donors (Lipinski definition) is 1. The molecule has 0 radical (unpaired) electrons. The van der Waals surface area contributed by atoms with Gasteiger partial charge in [-0.05, 0) is 56.0 Å². The number of non-ortho nitro benzene ring substituents is 1. The molecule has 2 rings (SSSR count). The van der Waals surface area contributed by atoms with Gasteiger partial charge in [0.25, 0.3) is 5.69 Å². The Morgan fingerprint density at radius 2 is 1.78 bits per heavy atom. The van der Waals surface area contributed by atoms with Crippen molar-refractivity contribution in [2.24, 2.45) is 0 Å². The molecule has 2 aromatic rings. The number of sulfonamides is 1. The van der Waals surface area contributed by atoms with Crippen LogP contribution in [-0.4, -0.2) is 45.2 Å². The molecule has 0 saturated heterocycles. The summed E-state index contributed by atoms with van der Waals surface area (Å²) in [7, 11) is -3.68. The molecule has 0 unspecified atom stereocenters. The zero-order valence-electron chi connectivity index (χ0n) is 18.8. The molecular weight excluding hydrogens is 434 g/mol. The minimum atomic E-state index is -3.68. The van der Waals surface area contributed by atoms with E-state index in [1.54, 1.807) is 6.92 Å². The summed E-state index contributed by atoms with van der Waals surface area (Å²) in [6.45, 7) is 6.37. The van der Waals surface area contributed by atoms with Crippen LogP contribution in [0, 0.1) is 30.9 Å². The summed E-state index contributed by atoms with van der Waals surface area (Å²) in [6, 6.07) is 9.85. The highest BCUT2D eigenvalue weighted by Crippen LogP contribution is 2.27. The maximum Gasteiger partial charge on any atom is 0.271 e. The van der Waals surface area contributed by atoms with Crippen LogP contribution in [0.25, 0.3) is 0 Å². The van der Waals surface area contributed by atoms with Gasteiger partial charge in [-0.15, -0.1) is 0 Å². The normalized spacial score (nSPS) is 11.1. The number of carbonyl (C=O) groups is 1. The van der Waals surface area contributed by atoms with Crippen molar-refractivity contribution in [2.45, 2.75) is 33.6 Å². The summed E-state index contributed by atoms with van der Waals surface area (Å²) in [5.74, 6) is 0.511. The van der Waals surface area contributed by atoms with Crippen molar-refractivity contribution in [1.82, 2.24) is 5.32 Å². The minimum absolute atomic E-state index is 0.0351. The van der Waals surface area contributed by atoms with E-state index in [2.05, 4.69) is 5.32 Å². The average molecular weight is 464 g/mol. The van der Waals surface area contributed by atoms with Gasteiger partial charge in [-0.2, -0.15) is 0 Å². The van der Waals surface area contributed by atoms with E-state index in [-0.39, 0.29) is 36.7 Å². The molecule has 0 saturated carbocycles. The fraction of sp³-hybridized carbons (Fsp3) is 0.409. The van der Waals surface area contributed by atoms with Crippen LogP contribution in [-0.2, 0) is 14.8 Å². The van der Waals surface area contributed by atoms with Crippen molar-refractivity contribution in [3.63, 3.8) is 0 Å². The van der Waals surface area contributed by atoms with Gasteiger partial charge in [0.2, 0.25) is 15.9 Å². The van der Waals surface area contributed by atoms with Gasteiger partial charge in [-0.3, -0.25) is 19.2 Å². The third-order valence-corrected chi connectivity index (χ3v) is 6.19. The lowest BCUT2D eigenvalue weighted by atomic mass is 10.1. The molecule has 2 aromatic carbocycles. The van der Waals surface area contributed by atoms with Gasteiger partial charge in [-0.1, -0.05) is 12.1 Å². The SMILES string of the molecule is Cc1ccc(OCCNC(=O)CCCN(c2cc([N+](=O)[O-])ccc2C)S(C)(=O)=O)cc1C. The third-order valence-electron chi connectivity index (χ3n) is 5.01. The van der Waals surface area contributed by atoms with Gasteiger partial charge < -0.3 is 10.1 Å². The summed E-state index contributed by atoms with van der Waals surface area (Å²) in [5, 5.41) is 13.8. The van der Waals surface area contributed by atoms with Gasteiger partial charge in [0.1, 0.15) is 12.4 Å². The van der Waals surface area contributed by atoms with E-state index in [9.17, 15) is 23.3 Å². The van der Waals surface area contributed by atoms with Gasteiger partial charge >= 0.3 is 0 Å². The van der Waals surface area contributed by atoms with E-state index in [0.29, 0.717) is 18.7 Å². The quantitative estimate of drug-likeness (QED) is 0.310. The molecular formula is C22H29N3O6S. The monoisotopic (exact) mass is 463 g/mol. The van der Waals surface area contributed by atoms with Crippen molar-refractivity contribution in [3.8, 4) is 5.75 Å². The molecule has 10 heteroatoms. The molecule has 0 aliphatic carbocycles. The first-order valence-corrected chi connectivity index (χ1v) is 12.0. The number of amides is 1. The van der Waals surface area contributed by atoms with Crippen molar-refractivity contribution in [2.75, 3.05) is 30.3 Å². The Kier molecular flexibility index (Phi) is 8.59. The van der Waals surface area contributed by atoms with Crippen LogP contribution >= 0.6 is 0 Å². The average Bonchev–Trinajstić information content (AvgIpc) is 2.71. The number of aryl methyl sites for hydroxylation is 3. The first kappa shape index (κ1) is 25.1. The molecule has 0 spiro atoms. The van der Waals surface area contributed by atoms with Gasteiger partial charge in [0.15, 0.2) is 0 Å². The van der Waals surface area contributed by atoms with E-state index in [1.165, 1.54) is 23.8 Å². The number of nitrogens with one attached hydrogen (secondary N) is 1. The molecule has 0 heterocycles. The second-order valence-corrected chi connectivity index (χ2v) is 9.52. The summed E-state index contributed by atoms with van der Waals surface area (Å²) in [5.41, 5.74) is 2.94. The number of nitro groups is 1. The van der Waals surface area contributed by atoms with Crippen LogP contribution in [0.3, 0.4) is 0 Å². The van der Waals surface area contributed by atoms with Crippen LogP contribution in [0.2, 0.25) is 0 Å². The second kappa shape index (κ2) is 10.9. The molecule has 1 N–H and O–H groups in total. The zero-order chi connectivity index (χ0) is 23.9. The van der Waals surface area contributed by atoms with E-state index in [1.807, 2.05) is 32.0 Å². The number of benzene rings is 2. The Hall–Kier alpha value is -3.14. The fourth-order valence-electron chi connectivity index (χ4n) is 3.08. The topological polar surface area (TPSA) is 119 Å². The summed E-state index contributed by atoms with van der Waals surface area (Å²) < 4.78 is 31.3. The molecule has 0 aliphatic heterocycles. The molecule has 0 bridgehead atoms. The van der Waals surface area contributed by atoms with E-state index < -0.39 is 14.9 Å². The largest absolute Gasteiger partial charge is 0.492 e. The van der Waals surface area contributed by atoms with Crippen LogP contribution in [0.15, 0.2) is 36.4 Å². The van der Waals surface area contributed by atoms with Crippen LogP contribution in [0.4, 0.5) is 11.4 Å². The Morgan fingerprint density at radius 3 is 2.41 bits per heavy atom. The molecule has 0 atom stereocenters. The first-order valence-electron chi connectivity index (χ1n) is 10.2. The molecule has 174 valence electrons. The predicted molar refractivity (Wildman–Crippen MR) is 124 cm³/mol. The number of rotatable bonds is 11. The molecule has 32 heavy (non-hydrogen) atoms.